The highest BCUT2D eigenvalue weighted by atomic mass is 32.1. The van der Waals surface area contributed by atoms with Gasteiger partial charge in [-0.15, -0.1) is 11.3 Å². The number of hydrogen-bond donors (Lipinski definition) is 2. The van der Waals surface area contributed by atoms with Gasteiger partial charge in [-0.25, -0.2) is 9.97 Å². The highest BCUT2D eigenvalue weighted by Crippen LogP contribution is 2.36. The van der Waals surface area contributed by atoms with E-state index in [4.69, 9.17) is 5.73 Å². The number of amides is 2. The van der Waals surface area contributed by atoms with Crippen LogP contribution in [0, 0.1) is 0 Å². The fourth-order valence-electron chi connectivity index (χ4n) is 2.69. The third-order valence-electron chi connectivity index (χ3n) is 3.84. The molecule has 120 valence electrons. The molecule has 2 aromatic heterocycles. The van der Waals surface area contributed by atoms with Crippen molar-refractivity contribution in [2.24, 2.45) is 0 Å². The Morgan fingerprint density at radius 3 is 3.09 bits per heavy atom. The van der Waals surface area contributed by atoms with Crippen LogP contribution in [0.1, 0.15) is 16.9 Å². The first-order valence-electron chi connectivity index (χ1n) is 7.29. The van der Waals surface area contributed by atoms with Gasteiger partial charge in [0.05, 0.1) is 11.9 Å². The highest BCUT2D eigenvalue weighted by Gasteiger charge is 2.25. The van der Waals surface area contributed by atoms with Crippen molar-refractivity contribution >= 4 is 39.2 Å². The molecule has 0 saturated heterocycles. The maximum atomic E-state index is 12.3. The zero-order valence-electron chi connectivity index (χ0n) is 12.5. The summed E-state index contributed by atoms with van der Waals surface area (Å²) in [6.45, 7) is 4.89. The summed E-state index contributed by atoms with van der Waals surface area (Å²) in [7, 11) is 0. The lowest BCUT2D eigenvalue weighted by atomic mass is 10.0. The Labute approximate surface area is 137 Å². The second-order valence-electron chi connectivity index (χ2n) is 5.25. The quantitative estimate of drug-likeness (QED) is 0.809. The van der Waals surface area contributed by atoms with E-state index in [1.165, 1.54) is 12.4 Å². The maximum absolute atomic E-state index is 12.3. The summed E-state index contributed by atoms with van der Waals surface area (Å²) >= 11 is 1.56. The number of aromatic nitrogens is 2. The number of hydrogen-bond acceptors (Lipinski definition) is 6. The molecule has 2 amide bonds. The summed E-state index contributed by atoms with van der Waals surface area (Å²) in [6.07, 6.45) is 3.69. The van der Waals surface area contributed by atoms with E-state index in [9.17, 15) is 9.59 Å². The maximum Gasteiger partial charge on any atom is 0.243 e. The van der Waals surface area contributed by atoms with Crippen LogP contribution in [0.4, 0.5) is 5.82 Å². The van der Waals surface area contributed by atoms with E-state index in [1.54, 1.807) is 16.2 Å². The van der Waals surface area contributed by atoms with Crippen LogP contribution in [-0.2, 0) is 22.6 Å². The molecular formula is C15H17N5O2S. The zero-order chi connectivity index (χ0) is 16.4. The number of fused-ring (bicyclic) bond motifs is 3. The lowest BCUT2D eigenvalue weighted by molar-refractivity contribution is -0.132. The SMILES string of the molecule is C=CC(=O)NCCC(=O)N1CCc2c(sc3ncnc(N)c23)C1. The molecule has 0 aliphatic carbocycles. The molecular weight excluding hydrogens is 314 g/mol. The Kier molecular flexibility index (Phi) is 4.24. The first kappa shape index (κ1) is 15.4. The largest absolute Gasteiger partial charge is 0.383 e. The molecule has 7 nitrogen and oxygen atoms in total. The molecule has 3 heterocycles. The van der Waals surface area contributed by atoms with Crippen molar-refractivity contribution in [2.45, 2.75) is 19.4 Å². The molecule has 8 heteroatoms. The number of nitrogens with two attached hydrogens (primary N) is 1. The van der Waals surface area contributed by atoms with Crippen LogP contribution in [0.5, 0.6) is 0 Å². The van der Waals surface area contributed by atoms with Crippen molar-refractivity contribution in [3.63, 3.8) is 0 Å². The first-order valence-corrected chi connectivity index (χ1v) is 8.10. The first-order chi connectivity index (χ1) is 11.1. The fraction of sp³-hybridized carbons (Fsp3) is 0.333. The van der Waals surface area contributed by atoms with Crippen LogP contribution in [0.25, 0.3) is 10.2 Å². The van der Waals surface area contributed by atoms with Crippen molar-refractivity contribution in [1.82, 2.24) is 20.2 Å². The van der Waals surface area contributed by atoms with E-state index in [0.29, 0.717) is 25.5 Å². The summed E-state index contributed by atoms with van der Waals surface area (Å²) in [5.74, 6) is 0.258. The Balaban J connectivity index is 1.69. The molecule has 0 fully saturated rings. The van der Waals surface area contributed by atoms with Crippen molar-refractivity contribution < 1.29 is 9.59 Å². The minimum absolute atomic E-state index is 0.0246. The van der Waals surface area contributed by atoms with E-state index in [1.807, 2.05) is 0 Å². The molecule has 0 atom stereocenters. The smallest absolute Gasteiger partial charge is 0.243 e. The Hall–Kier alpha value is -2.48. The number of nitrogen functional groups attached to an aromatic ring is 1. The third kappa shape index (κ3) is 3.02. The minimum atomic E-state index is -0.266. The molecule has 2 aromatic rings. The van der Waals surface area contributed by atoms with Gasteiger partial charge in [0, 0.05) is 24.4 Å². The van der Waals surface area contributed by atoms with Crippen molar-refractivity contribution in [2.75, 3.05) is 18.8 Å². The van der Waals surface area contributed by atoms with Gasteiger partial charge in [0.15, 0.2) is 0 Å². The fourth-order valence-corrected chi connectivity index (χ4v) is 3.90. The molecule has 23 heavy (non-hydrogen) atoms. The Morgan fingerprint density at radius 1 is 1.48 bits per heavy atom. The van der Waals surface area contributed by atoms with Gasteiger partial charge in [-0.2, -0.15) is 0 Å². The van der Waals surface area contributed by atoms with Crippen LogP contribution in [0.2, 0.25) is 0 Å². The second-order valence-corrected chi connectivity index (χ2v) is 6.34. The number of thiophene rings is 1. The van der Waals surface area contributed by atoms with Crippen LogP contribution in [0.3, 0.4) is 0 Å². The van der Waals surface area contributed by atoms with E-state index < -0.39 is 0 Å². The topological polar surface area (TPSA) is 101 Å². The predicted molar refractivity (Wildman–Crippen MR) is 88.8 cm³/mol. The van der Waals surface area contributed by atoms with Gasteiger partial charge in [-0.05, 0) is 18.1 Å². The number of carbonyl (C=O) groups is 2. The molecule has 0 unspecified atom stereocenters. The van der Waals surface area contributed by atoms with Gasteiger partial charge in [-0.3, -0.25) is 9.59 Å². The van der Waals surface area contributed by atoms with E-state index in [-0.39, 0.29) is 18.2 Å². The monoisotopic (exact) mass is 331 g/mol. The van der Waals surface area contributed by atoms with Crippen LogP contribution >= 0.6 is 11.3 Å². The average Bonchev–Trinajstić information content (AvgIpc) is 2.93. The predicted octanol–water partition coefficient (Wildman–Crippen LogP) is 0.850. The second kappa shape index (κ2) is 6.33. The molecule has 3 rings (SSSR count). The molecule has 3 N–H and O–H groups in total. The number of rotatable bonds is 4. The van der Waals surface area contributed by atoms with E-state index >= 15 is 0 Å². The highest BCUT2D eigenvalue weighted by molar-refractivity contribution is 7.19. The number of anilines is 1. The average molecular weight is 331 g/mol. The van der Waals surface area contributed by atoms with Gasteiger partial charge < -0.3 is 16.0 Å². The van der Waals surface area contributed by atoms with Gasteiger partial charge in [0.25, 0.3) is 0 Å². The van der Waals surface area contributed by atoms with Gasteiger partial charge >= 0.3 is 0 Å². The van der Waals surface area contributed by atoms with Crippen molar-refractivity contribution in [3.05, 3.63) is 29.4 Å². The normalized spacial score (nSPS) is 13.7. The van der Waals surface area contributed by atoms with Crippen molar-refractivity contribution in [3.8, 4) is 0 Å². The lowest BCUT2D eigenvalue weighted by Gasteiger charge is -2.27. The molecule has 1 aliphatic heterocycles. The molecule has 0 bridgehead atoms. The standard InChI is InChI=1S/C15H17N5O2S/c1-2-11(21)17-5-3-12(22)20-6-4-9-10(7-20)23-15-13(9)14(16)18-8-19-15/h2,8H,1,3-7H2,(H,17,21)(H2,16,18,19). The number of carbonyl (C=O) groups excluding carboxylic acids is 2. The zero-order valence-corrected chi connectivity index (χ0v) is 13.4. The molecule has 0 spiro atoms. The summed E-state index contributed by atoms with van der Waals surface area (Å²) in [4.78, 5) is 35.5. The molecule has 0 saturated carbocycles. The Bertz CT molecular complexity index is 786. The molecule has 0 radical (unpaired) electrons. The van der Waals surface area contributed by atoms with Crippen LogP contribution in [-0.4, -0.2) is 39.8 Å². The molecule has 1 aliphatic rings. The molecule has 0 aromatic carbocycles. The van der Waals surface area contributed by atoms with E-state index in [0.717, 1.165) is 27.1 Å². The number of nitrogens with one attached hydrogen (secondary N) is 1. The Morgan fingerprint density at radius 2 is 2.30 bits per heavy atom. The lowest BCUT2D eigenvalue weighted by Crippen LogP contribution is -2.37. The van der Waals surface area contributed by atoms with Gasteiger partial charge in [0.2, 0.25) is 11.8 Å². The summed E-state index contributed by atoms with van der Waals surface area (Å²) < 4.78 is 0. The summed E-state index contributed by atoms with van der Waals surface area (Å²) in [6, 6.07) is 0. The van der Waals surface area contributed by atoms with Gasteiger partial charge in [0.1, 0.15) is 17.0 Å². The van der Waals surface area contributed by atoms with Gasteiger partial charge in [-0.1, -0.05) is 6.58 Å². The van der Waals surface area contributed by atoms with Crippen LogP contribution in [0.15, 0.2) is 19.0 Å². The number of nitrogens with zero attached hydrogens (tertiary/aromatic N) is 3. The summed E-state index contributed by atoms with van der Waals surface area (Å²) in [5, 5.41) is 3.54. The van der Waals surface area contributed by atoms with Crippen LogP contribution < -0.4 is 11.1 Å². The summed E-state index contributed by atoms with van der Waals surface area (Å²) in [5.41, 5.74) is 7.11. The van der Waals surface area contributed by atoms with Crippen molar-refractivity contribution in [1.29, 1.82) is 0 Å². The minimum Gasteiger partial charge on any atom is -0.383 e. The van der Waals surface area contributed by atoms with E-state index in [2.05, 4.69) is 21.9 Å². The third-order valence-corrected chi connectivity index (χ3v) is 4.97.